The van der Waals surface area contributed by atoms with Crippen LogP contribution in [0, 0.1) is 5.41 Å². The topological polar surface area (TPSA) is 21.3 Å². The lowest BCUT2D eigenvalue weighted by atomic mass is 9.82. The summed E-state index contributed by atoms with van der Waals surface area (Å²) in [4.78, 5) is 0. The molecule has 0 saturated carbocycles. The first-order valence-electron chi connectivity index (χ1n) is 6.56. The molecule has 0 amide bonds. The molecule has 17 heavy (non-hydrogen) atoms. The second kappa shape index (κ2) is 5.65. The van der Waals surface area contributed by atoms with Gasteiger partial charge in [-0.3, -0.25) is 0 Å². The molecule has 1 aromatic rings. The van der Waals surface area contributed by atoms with Gasteiger partial charge in [0.2, 0.25) is 0 Å². The third kappa shape index (κ3) is 3.55. The highest BCUT2D eigenvalue weighted by atomic mass is 16.5. The van der Waals surface area contributed by atoms with Gasteiger partial charge in [0, 0.05) is 25.8 Å². The molecule has 0 spiro atoms. The fourth-order valence-electron chi connectivity index (χ4n) is 2.30. The average Bonchev–Trinajstić information content (AvgIpc) is 2.38. The number of nitrogens with one attached hydrogen (secondary N) is 1. The monoisotopic (exact) mass is 233 g/mol. The van der Waals surface area contributed by atoms with E-state index in [-0.39, 0.29) is 0 Å². The Kier molecular flexibility index (Phi) is 4.19. The van der Waals surface area contributed by atoms with Gasteiger partial charge >= 0.3 is 0 Å². The Balaban J connectivity index is 1.85. The van der Waals surface area contributed by atoms with Crippen molar-refractivity contribution in [2.24, 2.45) is 5.41 Å². The lowest BCUT2D eigenvalue weighted by Crippen LogP contribution is -2.37. The SMILES string of the molecule is CC(NCC1(C)CCOCC1)c1ccccc1. The zero-order valence-corrected chi connectivity index (χ0v) is 10.9. The Morgan fingerprint density at radius 2 is 1.88 bits per heavy atom. The molecule has 2 nitrogen and oxygen atoms in total. The van der Waals surface area contributed by atoms with Gasteiger partial charge in [0.05, 0.1) is 0 Å². The zero-order valence-electron chi connectivity index (χ0n) is 10.9. The van der Waals surface area contributed by atoms with Crippen molar-refractivity contribution in [1.29, 1.82) is 0 Å². The molecule has 1 atom stereocenters. The van der Waals surface area contributed by atoms with E-state index in [0.717, 1.165) is 19.8 Å². The van der Waals surface area contributed by atoms with Gasteiger partial charge in [-0.15, -0.1) is 0 Å². The molecule has 1 saturated heterocycles. The number of benzene rings is 1. The maximum absolute atomic E-state index is 5.43. The molecule has 0 aliphatic carbocycles. The molecular formula is C15H23NO. The van der Waals surface area contributed by atoms with E-state index in [2.05, 4.69) is 49.5 Å². The first kappa shape index (κ1) is 12.6. The molecular weight excluding hydrogens is 210 g/mol. The highest BCUT2D eigenvalue weighted by Crippen LogP contribution is 2.29. The molecule has 1 unspecified atom stereocenters. The number of hydrogen-bond donors (Lipinski definition) is 1. The number of hydrogen-bond acceptors (Lipinski definition) is 2. The quantitative estimate of drug-likeness (QED) is 0.862. The van der Waals surface area contributed by atoms with E-state index in [1.807, 2.05) is 0 Å². The Bertz CT molecular complexity index is 330. The molecule has 0 bridgehead atoms. The Hall–Kier alpha value is -0.860. The summed E-state index contributed by atoms with van der Waals surface area (Å²) in [5.41, 5.74) is 1.77. The smallest absolute Gasteiger partial charge is 0.0471 e. The van der Waals surface area contributed by atoms with Crippen LogP contribution in [0.25, 0.3) is 0 Å². The van der Waals surface area contributed by atoms with Crippen LogP contribution < -0.4 is 5.32 Å². The highest BCUT2D eigenvalue weighted by Gasteiger charge is 2.27. The lowest BCUT2D eigenvalue weighted by Gasteiger charge is -2.34. The van der Waals surface area contributed by atoms with Crippen molar-refractivity contribution in [3.8, 4) is 0 Å². The van der Waals surface area contributed by atoms with Crippen LogP contribution in [-0.4, -0.2) is 19.8 Å². The average molecular weight is 233 g/mol. The van der Waals surface area contributed by atoms with Gasteiger partial charge in [0.1, 0.15) is 0 Å². The fraction of sp³-hybridized carbons (Fsp3) is 0.600. The van der Waals surface area contributed by atoms with Crippen molar-refractivity contribution in [2.45, 2.75) is 32.7 Å². The van der Waals surface area contributed by atoms with Crippen molar-refractivity contribution in [2.75, 3.05) is 19.8 Å². The van der Waals surface area contributed by atoms with Gasteiger partial charge in [0.15, 0.2) is 0 Å². The molecule has 1 fully saturated rings. The molecule has 1 N–H and O–H groups in total. The molecule has 2 rings (SSSR count). The van der Waals surface area contributed by atoms with Crippen molar-refractivity contribution in [3.63, 3.8) is 0 Å². The molecule has 0 aromatic heterocycles. The second-order valence-corrected chi connectivity index (χ2v) is 5.44. The molecule has 1 aliphatic heterocycles. The predicted molar refractivity (Wildman–Crippen MR) is 71.0 cm³/mol. The minimum atomic E-state index is 0.404. The van der Waals surface area contributed by atoms with Gasteiger partial charge in [-0.2, -0.15) is 0 Å². The van der Waals surface area contributed by atoms with Gasteiger partial charge in [-0.25, -0.2) is 0 Å². The minimum Gasteiger partial charge on any atom is -0.381 e. The van der Waals surface area contributed by atoms with E-state index in [1.54, 1.807) is 0 Å². The predicted octanol–water partition coefficient (Wildman–Crippen LogP) is 3.15. The number of rotatable bonds is 4. The van der Waals surface area contributed by atoms with Crippen LogP contribution in [0.2, 0.25) is 0 Å². The Morgan fingerprint density at radius 3 is 2.53 bits per heavy atom. The van der Waals surface area contributed by atoms with Crippen LogP contribution in [0.4, 0.5) is 0 Å². The van der Waals surface area contributed by atoms with Crippen molar-refractivity contribution >= 4 is 0 Å². The summed E-state index contributed by atoms with van der Waals surface area (Å²) < 4.78 is 5.43. The van der Waals surface area contributed by atoms with E-state index in [9.17, 15) is 0 Å². The third-order valence-electron chi connectivity index (χ3n) is 3.83. The normalized spacial score (nSPS) is 21.1. The van der Waals surface area contributed by atoms with Crippen LogP contribution in [0.1, 0.15) is 38.3 Å². The summed E-state index contributed by atoms with van der Waals surface area (Å²) in [6.45, 7) is 7.50. The molecule has 1 aromatic carbocycles. The highest BCUT2D eigenvalue weighted by molar-refractivity contribution is 5.18. The van der Waals surface area contributed by atoms with Crippen LogP contribution >= 0.6 is 0 Å². The minimum absolute atomic E-state index is 0.404. The van der Waals surface area contributed by atoms with Crippen LogP contribution in [0.5, 0.6) is 0 Å². The van der Waals surface area contributed by atoms with E-state index >= 15 is 0 Å². The molecule has 94 valence electrons. The maximum atomic E-state index is 5.43. The summed E-state index contributed by atoms with van der Waals surface area (Å²) in [5, 5.41) is 3.65. The van der Waals surface area contributed by atoms with Gasteiger partial charge in [0.25, 0.3) is 0 Å². The van der Waals surface area contributed by atoms with E-state index in [1.165, 1.54) is 18.4 Å². The molecule has 0 radical (unpaired) electrons. The summed E-state index contributed by atoms with van der Waals surface area (Å²) in [6, 6.07) is 11.1. The number of ether oxygens (including phenoxy) is 1. The summed E-state index contributed by atoms with van der Waals surface area (Å²) in [5.74, 6) is 0. The summed E-state index contributed by atoms with van der Waals surface area (Å²) in [6.07, 6.45) is 2.34. The summed E-state index contributed by atoms with van der Waals surface area (Å²) in [7, 11) is 0. The lowest BCUT2D eigenvalue weighted by molar-refractivity contribution is 0.0231. The van der Waals surface area contributed by atoms with Crippen molar-refractivity contribution in [3.05, 3.63) is 35.9 Å². The molecule has 1 aliphatic rings. The zero-order chi connectivity index (χ0) is 12.1. The third-order valence-corrected chi connectivity index (χ3v) is 3.83. The van der Waals surface area contributed by atoms with Crippen molar-refractivity contribution < 1.29 is 4.74 Å². The van der Waals surface area contributed by atoms with Crippen molar-refractivity contribution in [1.82, 2.24) is 5.32 Å². The maximum Gasteiger partial charge on any atom is 0.0471 e. The largest absolute Gasteiger partial charge is 0.381 e. The second-order valence-electron chi connectivity index (χ2n) is 5.44. The standard InChI is InChI=1S/C15H23NO/c1-13(14-6-4-3-5-7-14)16-12-15(2)8-10-17-11-9-15/h3-7,13,16H,8-12H2,1-2H3. The fourth-order valence-corrected chi connectivity index (χ4v) is 2.30. The Morgan fingerprint density at radius 1 is 1.24 bits per heavy atom. The van der Waals surface area contributed by atoms with E-state index in [4.69, 9.17) is 4.74 Å². The molecule has 2 heteroatoms. The van der Waals surface area contributed by atoms with E-state index < -0.39 is 0 Å². The van der Waals surface area contributed by atoms with Crippen LogP contribution in [0.3, 0.4) is 0 Å². The van der Waals surface area contributed by atoms with Crippen LogP contribution in [-0.2, 0) is 4.74 Å². The Labute approximate surface area is 104 Å². The van der Waals surface area contributed by atoms with E-state index in [0.29, 0.717) is 11.5 Å². The first-order valence-corrected chi connectivity index (χ1v) is 6.56. The van der Waals surface area contributed by atoms with Gasteiger partial charge in [-0.1, -0.05) is 37.3 Å². The van der Waals surface area contributed by atoms with Gasteiger partial charge in [-0.05, 0) is 30.7 Å². The first-order chi connectivity index (χ1) is 8.20. The van der Waals surface area contributed by atoms with Gasteiger partial charge < -0.3 is 10.1 Å². The molecule has 1 heterocycles. The van der Waals surface area contributed by atoms with Crippen LogP contribution in [0.15, 0.2) is 30.3 Å². The summed E-state index contributed by atoms with van der Waals surface area (Å²) >= 11 is 0.